The molecule has 126 valence electrons. The highest BCUT2D eigenvalue weighted by Gasteiger charge is 2.31. The van der Waals surface area contributed by atoms with Gasteiger partial charge in [0.25, 0.3) is 0 Å². The minimum Gasteiger partial charge on any atom is -0.436 e. The van der Waals surface area contributed by atoms with Crippen molar-refractivity contribution in [3.8, 4) is 22.9 Å². The highest BCUT2D eigenvalue weighted by molar-refractivity contribution is 5.75. The van der Waals surface area contributed by atoms with E-state index < -0.39 is 6.36 Å². The van der Waals surface area contributed by atoms with E-state index in [9.17, 15) is 13.2 Å². The van der Waals surface area contributed by atoms with Crippen molar-refractivity contribution < 1.29 is 22.3 Å². The molecule has 0 radical (unpaired) electrons. The molecule has 4 aromatic rings. The Labute approximate surface area is 139 Å². The molecule has 2 aromatic heterocycles. The maximum Gasteiger partial charge on any atom is 0.573 e. The molecule has 25 heavy (non-hydrogen) atoms. The largest absolute Gasteiger partial charge is 0.573 e. The fraction of sp³-hybridized carbons (Fsp3) is 0.0588. The summed E-state index contributed by atoms with van der Waals surface area (Å²) in [5, 5.41) is 4.15. The standard InChI is InChI=1S/C17H10F3N3O2/c18-17(19,20)25-13-5-3-4-12(8-13)23-10-11(9-21-23)16-22-14-6-1-2-7-15(14)24-16/h1-10H. The van der Waals surface area contributed by atoms with Gasteiger partial charge in [-0.2, -0.15) is 5.10 Å². The van der Waals surface area contributed by atoms with Gasteiger partial charge in [0, 0.05) is 12.3 Å². The molecule has 0 saturated heterocycles. The van der Waals surface area contributed by atoms with Crippen molar-refractivity contribution in [2.75, 3.05) is 0 Å². The number of hydrogen-bond donors (Lipinski definition) is 0. The van der Waals surface area contributed by atoms with Crippen molar-refractivity contribution in [2.45, 2.75) is 6.36 Å². The molecule has 2 heterocycles. The van der Waals surface area contributed by atoms with Crippen LogP contribution in [-0.2, 0) is 0 Å². The maximum atomic E-state index is 12.3. The number of para-hydroxylation sites is 2. The number of nitrogens with zero attached hydrogens (tertiary/aromatic N) is 3. The fourth-order valence-corrected chi connectivity index (χ4v) is 2.39. The summed E-state index contributed by atoms with van der Waals surface area (Å²) < 4.78 is 48.0. The summed E-state index contributed by atoms with van der Waals surface area (Å²) >= 11 is 0. The van der Waals surface area contributed by atoms with Crippen molar-refractivity contribution >= 4 is 11.1 Å². The number of aromatic nitrogens is 3. The highest BCUT2D eigenvalue weighted by Crippen LogP contribution is 2.27. The zero-order chi connectivity index (χ0) is 17.4. The van der Waals surface area contributed by atoms with Crippen molar-refractivity contribution in [1.82, 2.24) is 14.8 Å². The molecule has 0 aliphatic rings. The van der Waals surface area contributed by atoms with Crippen LogP contribution < -0.4 is 4.74 Å². The van der Waals surface area contributed by atoms with E-state index in [0.717, 1.165) is 0 Å². The van der Waals surface area contributed by atoms with Crippen LogP contribution in [0.15, 0.2) is 65.3 Å². The third-order valence-corrected chi connectivity index (χ3v) is 3.44. The molecule has 0 unspecified atom stereocenters. The van der Waals surface area contributed by atoms with Gasteiger partial charge >= 0.3 is 6.36 Å². The Morgan fingerprint density at radius 2 is 1.88 bits per heavy atom. The monoisotopic (exact) mass is 345 g/mol. The van der Waals surface area contributed by atoms with E-state index in [4.69, 9.17) is 4.42 Å². The molecule has 0 aliphatic carbocycles. The van der Waals surface area contributed by atoms with E-state index in [2.05, 4.69) is 14.8 Å². The molecule has 4 rings (SSSR count). The van der Waals surface area contributed by atoms with E-state index in [0.29, 0.717) is 28.2 Å². The van der Waals surface area contributed by atoms with Crippen LogP contribution in [-0.4, -0.2) is 21.1 Å². The van der Waals surface area contributed by atoms with Crippen molar-refractivity contribution in [1.29, 1.82) is 0 Å². The van der Waals surface area contributed by atoms with Gasteiger partial charge in [0.1, 0.15) is 11.3 Å². The Morgan fingerprint density at radius 1 is 1.04 bits per heavy atom. The average Bonchev–Trinajstić information content (AvgIpc) is 3.20. The second kappa shape index (κ2) is 5.66. The zero-order valence-corrected chi connectivity index (χ0v) is 12.6. The normalized spacial score (nSPS) is 11.8. The lowest BCUT2D eigenvalue weighted by Crippen LogP contribution is -2.17. The number of benzene rings is 2. The van der Waals surface area contributed by atoms with Crippen LogP contribution in [0, 0.1) is 0 Å². The first-order valence-corrected chi connectivity index (χ1v) is 7.25. The molecule has 0 aliphatic heterocycles. The zero-order valence-electron chi connectivity index (χ0n) is 12.6. The summed E-state index contributed by atoms with van der Waals surface area (Å²) in [6.45, 7) is 0. The molecule has 0 bridgehead atoms. The minimum atomic E-state index is -4.74. The highest BCUT2D eigenvalue weighted by atomic mass is 19.4. The molecule has 0 amide bonds. The molecular formula is C17H10F3N3O2. The molecule has 0 fully saturated rings. The quantitative estimate of drug-likeness (QED) is 0.545. The molecular weight excluding hydrogens is 335 g/mol. The van der Waals surface area contributed by atoms with Gasteiger partial charge in [-0.3, -0.25) is 0 Å². The summed E-state index contributed by atoms with van der Waals surface area (Å²) in [6, 6.07) is 12.9. The molecule has 0 saturated carbocycles. The van der Waals surface area contributed by atoms with E-state index >= 15 is 0 Å². The summed E-state index contributed by atoms with van der Waals surface area (Å²) in [7, 11) is 0. The summed E-state index contributed by atoms with van der Waals surface area (Å²) in [4.78, 5) is 4.36. The number of hydrogen-bond acceptors (Lipinski definition) is 4. The number of ether oxygens (including phenoxy) is 1. The Morgan fingerprint density at radius 3 is 2.68 bits per heavy atom. The fourth-order valence-electron chi connectivity index (χ4n) is 2.39. The average molecular weight is 345 g/mol. The summed E-state index contributed by atoms with van der Waals surface area (Å²) in [6.07, 6.45) is -1.59. The second-order valence-corrected chi connectivity index (χ2v) is 5.21. The van der Waals surface area contributed by atoms with Gasteiger partial charge in [-0.1, -0.05) is 18.2 Å². The van der Waals surface area contributed by atoms with Gasteiger partial charge in [0.05, 0.1) is 17.4 Å². The molecule has 5 nitrogen and oxygen atoms in total. The van der Waals surface area contributed by atoms with Gasteiger partial charge < -0.3 is 9.15 Å². The van der Waals surface area contributed by atoms with Crippen molar-refractivity contribution in [2.24, 2.45) is 0 Å². The van der Waals surface area contributed by atoms with Crippen LogP contribution in [0.2, 0.25) is 0 Å². The second-order valence-electron chi connectivity index (χ2n) is 5.21. The van der Waals surface area contributed by atoms with Gasteiger partial charge in [-0.15, -0.1) is 13.2 Å². The lowest BCUT2D eigenvalue weighted by Gasteiger charge is -2.09. The Hall–Kier alpha value is -3.29. The van der Waals surface area contributed by atoms with Gasteiger partial charge in [-0.25, -0.2) is 9.67 Å². The first-order chi connectivity index (χ1) is 12.0. The molecule has 0 N–H and O–H groups in total. The Bertz CT molecular complexity index is 1000. The molecule has 0 spiro atoms. The van der Waals surface area contributed by atoms with Gasteiger partial charge in [0.2, 0.25) is 5.89 Å². The van der Waals surface area contributed by atoms with Crippen LogP contribution in [0.1, 0.15) is 0 Å². The van der Waals surface area contributed by atoms with Gasteiger partial charge in [-0.05, 0) is 24.3 Å². The van der Waals surface area contributed by atoms with E-state index in [1.165, 1.54) is 29.1 Å². The minimum absolute atomic E-state index is 0.316. The van der Waals surface area contributed by atoms with Crippen LogP contribution in [0.3, 0.4) is 0 Å². The van der Waals surface area contributed by atoms with Crippen molar-refractivity contribution in [3.63, 3.8) is 0 Å². The van der Waals surface area contributed by atoms with E-state index in [1.807, 2.05) is 18.2 Å². The summed E-state index contributed by atoms with van der Waals surface area (Å²) in [5.41, 5.74) is 2.39. The topological polar surface area (TPSA) is 53.1 Å². The number of rotatable bonds is 3. The molecule has 0 atom stereocenters. The molecule has 8 heteroatoms. The summed E-state index contributed by atoms with van der Waals surface area (Å²) in [5.74, 6) is 0.0686. The van der Waals surface area contributed by atoms with Crippen LogP contribution >= 0.6 is 0 Å². The van der Waals surface area contributed by atoms with Crippen molar-refractivity contribution in [3.05, 3.63) is 60.9 Å². The first kappa shape index (κ1) is 15.3. The smallest absolute Gasteiger partial charge is 0.436 e. The third kappa shape index (κ3) is 3.18. The lowest BCUT2D eigenvalue weighted by atomic mass is 10.3. The van der Waals surface area contributed by atoms with Crippen LogP contribution in [0.5, 0.6) is 5.75 Å². The Balaban J connectivity index is 1.66. The lowest BCUT2D eigenvalue weighted by molar-refractivity contribution is -0.274. The first-order valence-electron chi connectivity index (χ1n) is 7.25. The number of oxazole rings is 1. The van der Waals surface area contributed by atoms with E-state index in [1.54, 1.807) is 18.3 Å². The Kier molecular flexibility index (Phi) is 3.45. The number of alkyl halides is 3. The predicted octanol–water partition coefficient (Wildman–Crippen LogP) is 4.58. The maximum absolute atomic E-state index is 12.3. The van der Waals surface area contributed by atoms with Crippen LogP contribution in [0.25, 0.3) is 28.2 Å². The predicted molar refractivity (Wildman–Crippen MR) is 83.3 cm³/mol. The van der Waals surface area contributed by atoms with Crippen LogP contribution in [0.4, 0.5) is 13.2 Å². The van der Waals surface area contributed by atoms with Gasteiger partial charge in [0.15, 0.2) is 5.58 Å². The van der Waals surface area contributed by atoms with E-state index in [-0.39, 0.29) is 5.75 Å². The molecule has 2 aromatic carbocycles. The SMILES string of the molecule is FC(F)(F)Oc1cccc(-n2cc(-c3nc4ccccc4o3)cn2)c1. The number of halogens is 3. The third-order valence-electron chi connectivity index (χ3n) is 3.44. The number of fused-ring (bicyclic) bond motifs is 1.